The second-order valence-corrected chi connectivity index (χ2v) is 4.67. The van der Waals surface area contributed by atoms with E-state index in [1.807, 2.05) is 11.8 Å². The zero-order chi connectivity index (χ0) is 10.7. The Balaban J connectivity index is 1.88. The third-order valence-corrected chi connectivity index (χ3v) is 3.41. The Morgan fingerprint density at radius 1 is 1.67 bits per heavy atom. The van der Waals surface area contributed by atoms with Crippen LogP contribution in [0.5, 0.6) is 0 Å². The summed E-state index contributed by atoms with van der Waals surface area (Å²) in [4.78, 5) is 0. The molecule has 0 radical (unpaired) electrons. The molecule has 6 heteroatoms. The van der Waals surface area contributed by atoms with Crippen molar-refractivity contribution in [3.63, 3.8) is 0 Å². The van der Waals surface area contributed by atoms with Crippen molar-refractivity contribution >= 4 is 17.6 Å². The van der Waals surface area contributed by atoms with Crippen LogP contribution >= 0.6 is 11.8 Å². The van der Waals surface area contributed by atoms with Crippen LogP contribution in [0, 0.1) is 0 Å². The van der Waals surface area contributed by atoms with Crippen LogP contribution < -0.4 is 5.32 Å². The maximum Gasteiger partial charge on any atom is 0.257 e. The maximum absolute atomic E-state index is 12.1. The lowest BCUT2D eigenvalue weighted by molar-refractivity contribution is 0.122. The van der Waals surface area contributed by atoms with E-state index in [1.54, 1.807) is 12.3 Å². The molecule has 1 aromatic heterocycles. The number of nitrogens with zero attached hydrogens (tertiary/aromatic N) is 2. The van der Waals surface area contributed by atoms with E-state index in [2.05, 4.69) is 10.4 Å². The molecule has 1 N–H and O–H groups in total. The van der Waals surface area contributed by atoms with Crippen LogP contribution in [0.25, 0.3) is 0 Å². The number of hydrogen-bond donors (Lipinski definition) is 1. The molecule has 0 amide bonds. The molecule has 1 aromatic rings. The van der Waals surface area contributed by atoms with Crippen LogP contribution in [-0.4, -0.2) is 33.8 Å². The molecule has 1 atom stereocenters. The van der Waals surface area contributed by atoms with Crippen molar-refractivity contribution in [2.24, 2.45) is 0 Å². The molecular weight excluding hydrogens is 220 g/mol. The van der Waals surface area contributed by atoms with E-state index in [-0.39, 0.29) is 6.54 Å². The minimum atomic E-state index is -2.35. The van der Waals surface area contributed by atoms with Gasteiger partial charge in [-0.25, -0.2) is 8.78 Å². The molecule has 0 bridgehead atoms. The average Bonchev–Trinajstić information content (AvgIpc) is 2.77. The van der Waals surface area contributed by atoms with Crippen molar-refractivity contribution in [2.75, 3.05) is 16.8 Å². The molecule has 1 saturated heterocycles. The predicted octanol–water partition coefficient (Wildman–Crippen LogP) is 2.07. The van der Waals surface area contributed by atoms with Gasteiger partial charge in [-0.1, -0.05) is 0 Å². The van der Waals surface area contributed by atoms with Gasteiger partial charge in [-0.05, 0) is 12.2 Å². The number of nitrogens with one attached hydrogen (secondary N) is 1. The van der Waals surface area contributed by atoms with Gasteiger partial charge in [0.25, 0.3) is 6.43 Å². The van der Waals surface area contributed by atoms with Crippen LogP contribution in [0.4, 0.5) is 14.6 Å². The van der Waals surface area contributed by atoms with E-state index in [4.69, 9.17) is 0 Å². The van der Waals surface area contributed by atoms with Crippen molar-refractivity contribution in [2.45, 2.75) is 25.4 Å². The van der Waals surface area contributed by atoms with Crippen molar-refractivity contribution in [1.82, 2.24) is 9.78 Å². The van der Waals surface area contributed by atoms with E-state index in [0.717, 1.165) is 17.9 Å². The summed E-state index contributed by atoms with van der Waals surface area (Å²) in [6.07, 6.45) is 0.350. The molecule has 2 rings (SSSR count). The fourth-order valence-corrected chi connectivity index (χ4v) is 2.69. The highest BCUT2D eigenvalue weighted by Crippen LogP contribution is 2.20. The van der Waals surface area contributed by atoms with Gasteiger partial charge < -0.3 is 5.32 Å². The van der Waals surface area contributed by atoms with Gasteiger partial charge >= 0.3 is 0 Å². The predicted molar refractivity (Wildman–Crippen MR) is 57.6 cm³/mol. The standard InChI is InChI=1S/C9H13F2N3S/c10-8(11)5-14-3-1-9(13-14)12-7-2-4-15-6-7/h1,3,7-8H,2,4-6H2,(H,12,13)/t7-/m1/s1. The van der Waals surface area contributed by atoms with E-state index < -0.39 is 6.43 Å². The topological polar surface area (TPSA) is 29.9 Å². The first-order valence-electron chi connectivity index (χ1n) is 4.90. The third kappa shape index (κ3) is 3.09. The van der Waals surface area contributed by atoms with Crippen LogP contribution in [0.1, 0.15) is 6.42 Å². The van der Waals surface area contributed by atoms with Gasteiger partial charge in [0.05, 0.1) is 0 Å². The zero-order valence-electron chi connectivity index (χ0n) is 8.20. The number of halogens is 2. The van der Waals surface area contributed by atoms with Crippen LogP contribution in [0.2, 0.25) is 0 Å². The molecule has 0 saturated carbocycles. The molecule has 0 aromatic carbocycles. The summed E-state index contributed by atoms with van der Waals surface area (Å²) < 4.78 is 25.4. The van der Waals surface area contributed by atoms with Crippen LogP contribution in [0.15, 0.2) is 12.3 Å². The van der Waals surface area contributed by atoms with Crippen molar-refractivity contribution in [3.8, 4) is 0 Å². The highest BCUT2D eigenvalue weighted by Gasteiger charge is 2.16. The summed E-state index contributed by atoms with van der Waals surface area (Å²) in [5.74, 6) is 2.93. The van der Waals surface area contributed by atoms with Gasteiger partial charge in [0.1, 0.15) is 12.4 Å². The summed E-state index contributed by atoms with van der Waals surface area (Å²) in [6.45, 7) is -0.332. The monoisotopic (exact) mass is 233 g/mol. The smallest absolute Gasteiger partial charge is 0.257 e. The molecule has 0 spiro atoms. The number of rotatable bonds is 4. The second-order valence-electron chi connectivity index (χ2n) is 3.52. The molecule has 1 aliphatic heterocycles. The Hall–Kier alpha value is -0.780. The Morgan fingerprint density at radius 3 is 3.20 bits per heavy atom. The molecule has 0 unspecified atom stereocenters. The average molecular weight is 233 g/mol. The number of aromatic nitrogens is 2. The first kappa shape index (κ1) is 10.7. The number of anilines is 1. The molecule has 1 aliphatic rings. The van der Waals surface area contributed by atoms with Gasteiger partial charge in [-0.2, -0.15) is 16.9 Å². The quantitative estimate of drug-likeness (QED) is 0.863. The molecule has 1 fully saturated rings. The Labute approximate surface area is 91.2 Å². The highest BCUT2D eigenvalue weighted by molar-refractivity contribution is 7.99. The van der Waals surface area contributed by atoms with E-state index in [0.29, 0.717) is 11.9 Å². The first-order valence-corrected chi connectivity index (χ1v) is 6.05. The molecule has 3 nitrogen and oxygen atoms in total. The lowest BCUT2D eigenvalue weighted by atomic mass is 10.3. The Bertz CT molecular complexity index is 310. The third-order valence-electron chi connectivity index (χ3n) is 2.25. The van der Waals surface area contributed by atoms with Crippen molar-refractivity contribution in [3.05, 3.63) is 12.3 Å². The maximum atomic E-state index is 12.1. The fourth-order valence-electron chi connectivity index (χ4n) is 1.54. The lowest BCUT2D eigenvalue weighted by Gasteiger charge is -2.09. The Morgan fingerprint density at radius 2 is 2.53 bits per heavy atom. The fraction of sp³-hybridized carbons (Fsp3) is 0.667. The van der Waals surface area contributed by atoms with Crippen molar-refractivity contribution < 1.29 is 8.78 Å². The van der Waals surface area contributed by atoms with E-state index in [1.165, 1.54) is 4.68 Å². The summed E-state index contributed by atoms with van der Waals surface area (Å²) in [7, 11) is 0. The first-order chi connectivity index (χ1) is 7.24. The van der Waals surface area contributed by atoms with Gasteiger partial charge in [0, 0.05) is 24.1 Å². The number of thioether (sulfide) groups is 1. The summed E-state index contributed by atoms with van der Waals surface area (Å²) in [6, 6.07) is 2.18. The van der Waals surface area contributed by atoms with Gasteiger partial charge in [0.15, 0.2) is 0 Å². The van der Waals surface area contributed by atoms with Crippen LogP contribution in [-0.2, 0) is 6.54 Å². The normalized spacial score (nSPS) is 21.1. The second kappa shape index (κ2) is 4.83. The molecule has 0 aliphatic carbocycles. The van der Waals surface area contributed by atoms with Gasteiger partial charge in [0.2, 0.25) is 0 Å². The molecule has 15 heavy (non-hydrogen) atoms. The lowest BCUT2D eigenvalue weighted by Crippen LogP contribution is -2.18. The van der Waals surface area contributed by atoms with E-state index in [9.17, 15) is 8.78 Å². The number of hydrogen-bond acceptors (Lipinski definition) is 3. The van der Waals surface area contributed by atoms with Gasteiger partial charge in [-0.3, -0.25) is 4.68 Å². The van der Waals surface area contributed by atoms with E-state index >= 15 is 0 Å². The Kier molecular flexibility index (Phi) is 3.45. The minimum Gasteiger partial charge on any atom is -0.365 e. The van der Waals surface area contributed by atoms with Crippen molar-refractivity contribution in [1.29, 1.82) is 0 Å². The summed E-state index contributed by atoms with van der Waals surface area (Å²) >= 11 is 1.90. The van der Waals surface area contributed by atoms with Crippen LogP contribution in [0.3, 0.4) is 0 Å². The van der Waals surface area contributed by atoms with Gasteiger partial charge in [-0.15, -0.1) is 0 Å². The highest BCUT2D eigenvalue weighted by atomic mass is 32.2. The SMILES string of the molecule is FC(F)Cn1ccc(N[C@@H]2CCSC2)n1. The largest absolute Gasteiger partial charge is 0.365 e. The number of alkyl halides is 2. The molecule has 2 heterocycles. The zero-order valence-corrected chi connectivity index (χ0v) is 9.01. The molecule has 84 valence electrons. The minimum absolute atomic E-state index is 0.332. The molecular formula is C9H13F2N3S. The summed E-state index contributed by atoms with van der Waals surface area (Å²) in [5, 5.41) is 7.27. The summed E-state index contributed by atoms with van der Waals surface area (Å²) in [5.41, 5.74) is 0.